The lowest BCUT2D eigenvalue weighted by Gasteiger charge is -2.03. The van der Waals surface area contributed by atoms with Gasteiger partial charge >= 0.3 is 0 Å². The molecule has 0 N–H and O–H groups in total. The van der Waals surface area contributed by atoms with Crippen molar-refractivity contribution in [3.63, 3.8) is 0 Å². The molecule has 4 nitrogen and oxygen atoms in total. The van der Waals surface area contributed by atoms with Gasteiger partial charge in [0, 0.05) is 12.1 Å². The van der Waals surface area contributed by atoms with Gasteiger partial charge in [-0.15, -0.1) is 0 Å². The molecule has 0 aliphatic carbocycles. The SMILES string of the molecule is COc1cc(OC)c2ncoc2c1. The van der Waals surface area contributed by atoms with Crippen molar-refractivity contribution < 1.29 is 13.9 Å². The van der Waals surface area contributed by atoms with Crippen molar-refractivity contribution in [2.24, 2.45) is 0 Å². The highest BCUT2D eigenvalue weighted by molar-refractivity contribution is 5.81. The Bertz CT molecular complexity index is 422. The summed E-state index contributed by atoms with van der Waals surface area (Å²) in [5.74, 6) is 1.35. The first-order valence-corrected chi connectivity index (χ1v) is 3.80. The number of nitrogens with zero attached hydrogens (tertiary/aromatic N) is 1. The zero-order valence-electron chi connectivity index (χ0n) is 7.40. The molecule has 0 saturated carbocycles. The van der Waals surface area contributed by atoms with Gasteiger partial charge in [-0.05, 0) is 0 Å². The van der Waals surface area contributed by atoms with Gasteiger partial charge in [0.25, 0.3) is 0 Å². The maximum atomic E-state index is 5.13. The van der Waals surface area contributed by atoms with Crippen LogP contribution in [0.2, 0.25) is 0 Å². The molecular weight excluding hydrogens is 170 g/mol. The second-order valence-electron chi connectivity index (χ2n) is 2.53. The topological polar surface area (TPSA) is 44.5 Å². The van der Waals surface area contributed by atoms with E-state index in [0.29, 0.717) is 22.6 Å². The van der Waals surface area contributed by atoms with Crippen LogP contribution in [0.25, 0.3) is 11.1 Å². The smallest absolute Gasteiger partial charge is 0.182 e. The van der Waals surface area contributed by atoms with E-state index < -0.39 is 0 Å². The van der Waals surface area contributed by atoms with Gasteiger partial charge in [-0.1, -0.05) is 0 Å². The lowest BCUT2D eigenvalue weighted by Crippen LogP contribution is -1.87. The molecule has 0 spiro atoms. The zero-order chi connectivity index (χ0) is 9.26. The fourth-order valence-corrected chi connectivity index (χ4v) is 1.18. The van der Waals surface area contributed by atoms with Crippen LogP contribution >= 0.6 is 0 Å². The van der Waals surface area contributed by atoms with E-state index in [1.54, 1.807) is 26.4 Å². The van der Waals surface area contributed by atoms with Gasteiger partial charge in [0.2, 0.25) is 0 Å². The summed E-state index contributed by atoms with van der Waals surface area (Å²) < 4.78 is 15.3. The van der Waals surface area contributed by atoms with Crippen LogP contribution in [0, 0.1) is 0 Å². The number of methoxy groups -OCH3 is 2. The number of oxazole rings is 1. The quantitative estimate of drug-likeness (QED) is 0.705. The highest BCUT2D eigenvalue weighted by Crippen LogP contribution is 2.29. The molecule has 68 valence electrons. The van der Waals surface area contributed by atoms with Crippen molar-refractivity contribution in [2.45, 2.75) is 0 Å². The third kappa shape index (κ3) is 1.20. The summed E-state index contributed by atoms with van der Waals surface area (Å²) in [7, 11) is 3.18. The second-order valence-corrected chi connectivity index (χ2v) is 2.53. The average molecular weight is 179 g/mol. The summed E-state index contributed by atoms with van der Waals surface area (Å²) in [5.41, 5.74) is 1.37. The van der Waals surface area contributed by atoms with Crippen LogP contribution in [0.5, 0.6) is 11.5 Å². The van der Waals surface area contributed by atoms with Gasteiger partial charge in [0.05, 0.1) is 14.2 Å². The predicted octanol–water partition coefficient (Wildman–Crippen LogP) is 1.84. The largest absolute Gasteiger partial charge is 0.496 e. The standard InChI is InChI=1S/C9H9NO3/c1-11-6-3-7(12-2)9-8(4-6)13-5-10-9/h3-5H,1-2H3. The lowest BCUT2D eigenvalue weighted by atomic mass is 10.3. The second kappa shape index (κ2) is 2.97. The van der Waals surface area contributed by atoms with E-state index in [0.717, 1.165) is 0 Å². The number of rotatable bonds is 2. The molecule has 0 fully saturated rings. The molecule has 0 aliphatic rings. The number of hydrogen-bond acceptors (Lipinski definition) is 4. The molecule has 0 saturated heterocycles. The molecule has 4 heteroatoms. The van der Waals surface area contributed by atoms with E-state index in [4.69, 9.17) is 13.9 Å². The maximum absolute atomic E-state index is 5.13. The Morgan fingerprint density at radius 1 is 1.23 bits per heavy atom. The Morgan fingerprint density at radius 3 is 2.77 bits per heavy atom. The minimum absolute atomic E-state index is 0.656. The van der Waals surface area contributed by atoms with Crippen LogP contribution in [0.15, 0.2) is 22.9 Å². The Morgan fingerprint density at radius 2 is 2.08 bits per heavy atom. The van der Waals surface area contributed by atoms with Gasteiger partial charge in [0.15, 0.2) is 23.2 Å². The molecule has 0 aliphatic heterocycles. The van der Waals surface area contributed by atoms with E-state index in [2.05, 4.69) is 4.98 Å². The van der Waals surface area contributed by atoms with Crippen molar-refractivity contribution in [1.29, 1.82) is 0 Å². The molecule has 13 heavy (non-hydrogen) atoms. The van der Waals surface area contributed by atoms with Crippen LogP contribution in [-0.4, -0.2) is 19.2 Å². The fraction of sp³-hybridized carbons (Fsp3) is 0.222. The van der Waals surface area contributed by atoms with Crippen LogP contribution in [0.4, 0.5) is 0 Å². The van der Waals surface area contributed by atoms with Crippen LogP contribution in [-0.2, 0) is 0 Å². The summed E-state index contributed by atoms with van der Waals surface area (Å²) >= 11 is 0. The molecule has 2 rings (SSSR count). The van der Waals surface area contributed by atoms with E-state index >= 15 is 0 Å². The summed E-state index contributed by atoms with van der Waals surface area (Å²) in [6.07, 6.45) is 1.38. The highest BCUT2D eigenvalue weighted by atomic mass is 16.5. The van der Waals surface area contributed by atoms with Crippen molar-refractivity contribution in [2.75, 3.05) is 14.2 Å². The molecule has 0 radical (unpaired) electrons. The predicted molar refractivity (Wildman–Crippen MR) is 47.1 cm³/mol. The zero-order valence-corrected chi connectivity index (χ0v) is 7.40. The van der Waals surface area contributed by atoms with Crippen molar-refractivity contribution in [3.8, 4) is 11.5 Å². The van der Waals surface area contributed by atoms with Crippen LogP contribution in [0.3, 0.4) is 0 Å². The molecule has 0 amide bonds. The molecule has 0 atom stereocenters. The number of hydrogen-bond donors (Lipinski definition) is 0. The molecule has 1 aromatic heterocycles. The Kier molecular flexibility index (Phi) is 1.81. The molecule has 1 heterocycles. The number of ether oxygens (including phenoxy) is 2. The number of fused-ring (bicyclic) bond motifs is 1. The minimum atomic E-state index is 0.656. The molecule has 0 bridgehead atoms. The summed E-state index contributed by atoms with van der Waals surface area (Å²) in [4.78, 5) is 4.02. The van der Waals surface area contributed by atoms with E-state index in [-0.39, 0.29) is 0 Å². The number of benzene rings is 1. The summed E-state index contributed by atoms with van der Waals surface area (Å²) in [6.45, 7) is 0. The van der Waals surface area contributed by atoms with Crippen molar-refractivity contribution in [3.05, 3.63) is 18.5 Å². The highest BCUT2D eigenvalue weighted by Gasteiger charge is 2.08. The van der Waals surface area contributed by atoms with E-state index in [1.807, 2.05) is 0 Å². The Balaban J connectivity index is 2.70. The van der Waals surface area contributed by atoms with Crippen molar-refractivity contribution >= 4 is 11.1 Å². The monoisotopic (exact) mass is 179 g/mol. The van der Waals surface area contributed by atoms with Gasteiger partial charge in [-0.2, -0.15) is 0 Å². The van der Waals surface area contributed by atoms with Gasteiger partial charge < -0.3 is 13.9 Å². The molecule has 2 aromatic rings. The number of aromatic nitrogens is 1. The average Bonchev–Trinajstić information content (AvgIpc) is 2.63. The molecule has 0 unspecified atom stereocenters. The third-order valence-electron chi connectivity index (χ3n) is 1.83. The summed E-state index contributed by atoms with van der Waals surface area (Å²) in [6, 6.07) is 3.54. The first-order chi connectivity index (χ1) is 6.35. The first-order valence-electron chi connectivity index (χ1n) is 3.80. The van der Waals surface area contributed by atoms with Gasteiger partial charge in [-0.3, -0.25) is 0 Å². The normalized spacial score (nSPS) is 10.3. The van der Waals surface area contributed by atoms with Crippen LogP contribution in [0.1, 0.15) is 0 Å². The maximum Gasteiger partial charge on any atom is 0.182 e. The fourth-order valence-electron chi connectivity index (χ4n) is 1.18. The summed E-state index contributed by atoms with van der Waals surface area (Å²) in [5, 5.41) is 0. The van der Waals surface area contributed by atoms with E-state index in [9.17, 15) is 0 Å². The van der Waals surface area contributed by atoms with Gasteiger partial charge in [-0.25, -0.2) is 4.98 Å². The molecular formula is C9H9NO3. The Hall–Kier alpha value is -1.71. The van der Waals surface area contributed by atoms with Gasteiger partial charge in [0.1, 0.15) is 5.75 Å². The Labute approximate surface area is 75.1 Å². The molecule has 1 aromatic carbocycles. The minimum Gasteiger partial charge on any atom is -0.496 e. The first kappa shape index (κ1) is 7.91. The lowest BCUT2D eigenvalue weighted by molar-refractivity contribution is 0.397. The van der Waals surface area contributed by atoms with Crippen molar-refractivity contribution in [1.82, 2.24) is 4.98 Å². The van der Waals surface area contributed by atoms with E-state index in [1.165, 1.54) is 6.39 Å². The third-order valence-corrected chi connectivity index (χ3v) is 1.83. The van der Waals surface area contributed by atoms with Crippen LogP contribution < -0.4 is 9.47 Å².